The van der Waals surface area contributed by atoms with Gasteiger partial charge in [-0.1, -0.05) is 48.4 Å². The van der Waals surface area contributed by atoms with Crippen LogP contribution < -0.4 is 9.64 Å². The minimum absolute atomic E-state index is 0.212. The fraction of sp³-hybridized carbons (Fsp3) is 0.500. The Morgan fingerprint density at radius 2 is 1.86 bits per heavy atom. The van der Waals surface area contributed by atoms with Gasteiger partial charge in [0.1, 0.15) is 5.75 Å². The second-order valence-electron chi connectivity index (χ2n) is 10.8. The number of halogens is 1. The molecule has 2 bridgehead atoms. The molecule has 7 heteroatoms. The molecule has 0 aromatic heterocycles. The summed E-state index contributed by atoms with van der Waals surface area (Å²) < 4.78 is 23.0. The number of allylic oxidation sites excluding steroid dienone is 2. The summed E-state index contributed by atoms with van der Waals surface area (Å²) in [5, 5.41) is 0.765. The van der Waals surface area contributed by atoms with E-state index in [1.807, 2.05) is 18.2 Å². The number of aryl methyl sites for hydroxylation is 1. The molecule has 0 N–H and O–H groups in total. The Hall–Kier alpha value is -2.31. The van der Waals surface area contributed by atoms with Gasteiger partial charge in [0.15, 0.2) is 0 Å². The van der Waals surface area contributed by atoms with Crippen molar-refractivity contribution in [3.63, 3.8) is 0 Å². The van der Waals surface area contributed by atoms with Crippen LogP contribution >= 0.6 is 11.6 Å². The second-order valence-corrected chi connectivity index (χ2v) is 12.4. The maximum Gasteiger partial charge on any atom is 0.254 e. The topological polar surface area (TPSA) is 59.0 Å². The van der Waals surface area contributed by atoms with Crippen molar-refractivity contribution in [1.29, 1.82) is 0 Å². The van der Waals surface area contributed by atoms with Crippen LogP contribution in [0.4, 0.5) is 5.69 Å². The number of hydrogen-bond acceptors (Lipinski definition) is 5. The molecule has 1 fully saturated rings. The fourth-order valence-corrected chi connectivity index (χ4v) is 6.80. The number of fused-ring (bicyclic) bond motifs is 3. The molecule has 3 atom stereocenters. The normalized spacial score (nSPS) is 25.5. The second kappa shape index (κ2) is 12.0. The number of ether oxygens (including phenoxy) is 1. The number of amides is 1. The molecule has 3 unspecified atom stereocenters. The lowest BCUT2D eigenvalue weighted by molar-refractivity contribution is 0.100. The van der Waals surface area contributed by atoms with E-state index in [1.54, 1.807) is 6.07 Å². The van der Waals surface area contributed by atoms with Gasteiger partial charge in [0.25, 0.3) is 5.91 Å². The van der Waals surface area contributed by atoms with Crippen LogP contribution in [0.2, 0.25) is 5.02 Å². The summed E-state index contributed by atoms with van der Waals surface area (Å²) in [6, 6.07) is 11.8. The van der Waals surface area contributed by atoms with E-state index in [4.69, 9.17) is 16.3 Å². The molecule has 3 aliphatic rings. The first kappa shape index (κ1) is 26.3. The molecule has 198 valence electrons. The molecule has 1 saturated carbocycles. The van der Waals surface area contributed by atoms with Crippen LogP contribution in [0.5, 0.6) is 5.75 Å². The van der Waals surface area contributed by atoms with Gasteiger partial charge in [-0.05, 0) is 98.2 Å². The zero-order valence-corrected chi connectivity index (χ0v) is 23.1. The minimum atomic E-state index is -1.55. The zero-order chi connectivity index (χ0) is 25.8. The van der Waals surface area contributed by atoms with Gasteiger partial charge in [-0.3, -0.25) is 4.79 Å². The number of anilines is 1. The fourth-order valence-electron chi connectivity index (χ4n) is 5.62. The largest absolute Gasteiger partial charge is 0.491 e. The van der Waals surface area contributed by atoms with Gasteiger partial charge in [-0.25, -0.2) is 0 Å². The van der Waals surface area contributed by atoms with Crippen molar-refractivity contribution in [3.8, 4) is 5.75 Å². The lowest BCUT2D eigenvalue weighted by Gasteiger charge is -2.41. The lowest BCUT2D eigenvalue weighted by Crippen LogP contribution is -2.38. The smallest absolute Gasteiger partial charge is 0.254 e. The Morgan fingerprint density at radius 1 is 1.03 bits per heavy atom. The molecule has 2 aromatic rings. The van der Waals surface area contributed by atoms with Gasteiger partial charge >= 0.3 is 0 Å². The van der Waals surface area contributed by atoms with Gasteiger partial charge in [-0.15, -0.1) is 0 Å². The van der Waals surface area contributed by atoms with Crippen LogP contribution in [0.3, 0.4) is 0 Å². The summed E-state index contributed by atoms with van der Waals surface area (Å²) in [5.74, 6) is 2.20. The number of carbonyl (C=O) groups is 1. The molecule has 0 radical (unpaired) electrons. The van der Waals surface area contributed by atoms with Crippen LogP contribution in [0.15, 0.2) is 52.9 Å². The van der Waals surface area contributed by atoms with Crippen molar-refractivity contribution in [1.82, 2.24) is 0 Å². The summed E-state index contributed by atoms with van der Waals surface area (Å²) in [4.78, 5) is 15.4. The molecule has 2 aromatic carbocycles. The first-order valence-electron chi connectivity index (χ1n) is 13.5. The quantitative estimate of drug-likeness (QED) is 0.259. The average molecular weight is 540 g/mol. The van der Waals surface area contributed by atoms with Gasteiger partial charge in [0.05, 0.1) is 12.3 Å². The van der Waals surface area contributed by atoms with Crippen molar-refractivity contribution in [2.75, 3.05) is 23.8 Å². The van der Waals surface area contributed by atoms with Crippen molar-refractivity contribution < 1.29 is 13.7 Å². The van der Waals surface area contributed by atoms with E-state index < -0.39 is 16.5 Å². The molecule has 2 heterocycles. The average Bonchev–Trinajstić information content (AvgIpc) is 2.88. The Morgan fingerprint density at radius 3 is 2.70 bits per heavy atom. The Balaban J connectivity index is 1.58. The SMILES string of the molecule is CC1CC=CCC2CCC2CN2Cc3ccc(Cl)cc3CCCCOc3ccc(cc32)C(=O)N=[S-](=O)C1. The molecular weight excluding hydrogens is 504 g/mol. The van der Waals surface area contributed by atoms with E-state index in [0.29, 0.717) is 29.8 Å². The molecule has 37 heavy (non-hydrogen) atoms. The van der Waals surface area contributed by atoms with E-state index in [1.165, 1.54) is 24.0 Å². The molecule has 1 amide bonds. The molecule has 2 aliphatic heterocycles. The Kier molecular flexibility index (Phi) is 8.56. The maximum atomic E-state index is 13.1. The minimum Gasteiger partial charge on any atom is -0.491 e. The molecule has 5 nitrogen and oxygen atoms in total. The highest BCUT2D eigenvalue weighted by molar-refractivity contribution is 7.75. The zero-order valence-electron chi connectivity index (χ0n) is 21.5. The van der Waals surface area contributed by atoms with Crippen molar-refractivity contribution >= 4 is 33.8 Å². The monoisotopic (exact) mass is 539 g/mol. The van der Waals surface area contributed by atoms with E-state index in [9.17, 15) is 9.00 Å². The summed E-state index contributed by atoms with van der Waals surface area (Å²) >= 11 is 6.38. The van der Waals surface area contributed by atoms with E-state index >= 15 is 0 Å². The summed E-state index contributed by atoms with van der Waals surface area (Å²) in [6.07, 6.45) is 11.8. The van der Waals surface area contributed by atoms with Gasteiger partial charge in [-0.2, -0.15) is 10.6 Å². The standard InChI is InChI=1S/C30H36ClN2O3S/c1-21-6-2-3-7-22-9-10-25(22)18-33-19-26-11-13-27(31)16-23(26)8-4-5-15-36-29-14-12-24(17-28(29)33)30(34)32-37(35)20-21/h2-3,11-14,16-17,21-22,25H,4-10,15,18-20H2,1H3/q-1. The highest BCUT2D eigenvalue weighted by Gasteiger charge is 2.32. The van der Waals surface area contributed by atoms with Gasteiger partial charge < -0.3 is 18.2 Å². The van der Waals surface area contributed by atoms with Gasteiger partial charge in [0, 0.05) is 23.7 Å². The third-order valence-electron chi connectivity index (χ3n) is 7.96. The van der Waals surface area contributed by atoms with E-state index in [-0.39, 0.29) is 5.92 Å². The molecule has 1 aliphatic carbocycles. The predicted octanol–water partition coefficient (Wildman–Crippen LogP) is 7.36. The number of hydrogen-bond donors (Lipinski definition) is 0. The maximum absolute atomic E-state index is 13.1. The van der Waals surface area contributed by atoms with Crippen molar-refractivity contribution in [2.45, 2.75) is 58.4 Å². The van der Waals surface area contributed by atoms with Crippen LogP contribution in [-0.2, 0) is 27.8 Å². The first-order valence-corrected chi connectivity index (χ1v) is 15.2. The van der Waals surface area contributed by atoms with E-state index in [2.05, 4.69) is 40.5 Å². The summed E-state index contributed by atoms with van der Waals surface area (Å²) in [6.45, 7) is 4.30. The van der Waals surface area contributed by atoms with Crippen LogP contribution in [-0.4, -0.2) is 24.8 Å². The molecule has 0 spiro atoms. The Labute approximate surface area is 227 Å². The predicted molar refractivity (Wildman–Crippen MR) is 151 cm³/mol. The summed E-state index contributed by atoms with van der Waals surface area (Å²) in [5.41, 5.74) is 3.91. The first-order chi connectivity index (χ1) is 18.0. The third-order valence-corrected chi connectivity index (χ3v) is 9.42. The molecule has 0 saturated heterocycles. The highest BCUT2D eigenvalue weighted by atomic mass is 35.5. The third kappa shape index (κ3) is 6.58. The number of rotatable bonds is 0. The van der Waals surface area contributed by atoms with E-state index in [0.717, 1.165) is 61.7 Å². The Bertz CT molecular complexity index is 1250. The highest BCUT2D eigenvalue weighted by Crippen LogP contribution is 2.41. The number of nitrogens with zero attached hydrogens (tertiary/aromatic N) is 2. The number of carbonyl (C=O) groups excluding carboxylic acids is 1. The summed E-state index contributed by atoms with van der Waals surface area (Å²) in [7, 11) is -1.55. The van der Waals surface area contributed by atoms with Crippen LogP contribution in [0, 0.1) is 17.8 Å². The van der Waals surface area contributed by atoms with Crippen LogP contribution in [0.25, 0.3) is 0 Å². The molecule has 5 rings (SSSR count). The van der Waals surface area contributed by atoms with Gasteiger partial charge in [0.2, 0.25) is 0 Å². The van der Waals surface area contributed by atoms with Crippen LogP contribution in [0.1, 0.15) is 66.9 Å². The number of benzene rings is 2. The van der Waals surface area contributed by atoms with Crippen molar-refractivity contribution in [3.05, 3.63) is 70.3 Å². The molecular formula is C30H36ClN2O3S-. The van der Waals surface area contributed by atoms with Crippen molar-refractivity contribution in [2.24, 2.45) is 22.1 Å². The lowest BCUT2D eigenvalue weighted by atomic mass is 9.71.